The van der Waals surface area contributed by atoms with E-state index in [1.54, 1.807) is 13.0 Å². The first-order chi connectivity index (χ1) is 16.5. The lowest BCUT2D eigenvalue weighted by molar-refractivity contribution is -0.121. The van der Waals surface area contributed by atoms with Crippen LogP contribution >= 0.6 is 0 Å². The predicted molar refractivity (Wildman–Crippen MR) is 133 cm³/mol. The Morgan fingerprint density at radius 2 is 1.79 bits per heavy atom. The second kappa shape index (κ2) is 15.6. The SMILES string of the molecule is CC.CC.COC(=O)c1cc(CNc2ccc(C3=CC=C(COC(F)F)CC=C3)cc2)c(C)o1. The van der Waals surface area contributed by atoms with Crippen LogP contribution < -0.4 is 5.32 Å². The molecule has 1 aromatic carbocycles. The van der Waals surface area contributed by atoms with E-state index in [4.69, 9.17) is 4.42 Å². The molecule has 0 aliphatic heterocycles. The number of ether oxygens (including phenoxy) is 2. The molecule has 1 aliphatic rings. The summed E-state index contributed by atoms with van der Waals surface area (Å²) in [7, 11) is 1.31. The number of hydrogen-bond donors (Lipinski definition) is 1. The summed E-state index contributed by atoms with van der Waals surface area (Å²) in [6.07, 6.45) is 8.21. The second-order valence-electron chi connectivity index (χ2n) is 6.74. The molecule has 1 heterocycles. The summed E-state index contributed by atoms with van der Waals surface area (Å²) >= 11 is 0. The van der Waals surface area contributed by atoms with Crippen LogP contribution in [0.15, 0.2) is 64.6 Å². The zero-order valence-electron chi connectivity index (χ0n) is 20.8. The highest BCUT2D eigenvalue weighted by molar-refractivity contribution is 5.86. The third-order valence-electron chi connectivity index (χ3n) is 4.68. The van der Waals surface area contributed by atoms with Crippen molar-refractivity contribution in [3.63, 3.8) is 0 Å². The van der Waals surface area contributed by atoms with E-state index in [0.717, 1.165) is 28.0 Å². The molecule has 0 amide bonds. The first-order valence-electron chi connectivity index (χ1n) is 11.4. The number of benzene rings is 1. The fraction of sp³-hybridized carbons (Fsp3) is 0.370. The van der Waals surface area contributed by atoms with E-state index in [2.05, 4.69) is 14.8 Å². The van der Waals surface area contributed by atoms with Crippen LogP contribution in [-0.2, 0) is 16.0 Å². The van der Waals surface area contributed by atoms with Crippen molar-refractivity contribution < 1.29 is 27.5 Å². The molecule has 1 aliphatic carbocycles. The van der Waals surface area contributed by atoms with Gasteiger partial charge in [-0.3, -0.25) is 0 Å². The van der Waals surface area contributed by atoms with Gasteiger partial charge in [0.1, 0.15) is 5.76 Å². The highest BCUT2D eigenvalue weighted by Crippen LogP contribution is 2.23. The maximum atomic E-state index is 12.2. The van der Waals surface area contributed by atoms with E-state index >= 15 is 0 Å². The number of esters is 1. The average Bonchev–Trinajstić information content (AvgIpc) is 3.08. The van der Waals surface area contributed by atoms with Gasteiger partial charge in [0.15, 0.2) is 0 Å². The lowest BCUT2D eigenvalue weighted by Gasteiger charge is -2.07. The summed E-state index contributed by atoms with van der Waals surface area (Å²) < 4.78 is 38.9. The summed E-state index contributed by atoms with van der Waals surface area (Å²) in [6, 6.07) is 9.54. The van der Waals surface area contributed by atoms with Gasteiger partial charge >= 0.3 is 12.6 Å². The molecule has 7 heteroatoms. The quantitative estimate of drug-likeness (QED) is 0.400. The van der Waals surface area contributed by atoms with Gasteiger partial charge in [0.25, 0.3) is 0 Å². The number of allylic oxidation sites excluding steroid dienone is 5. The van der Waals surface area contributed by atoms with Gasteiger partial charge < -0.3 is 19.2 Å². The number of alkyl halides is 2. The molecule has 2 aromatic rings. The number of carbonyl (C=O) groups is 1. The number of hydrogen-bond acceptors (Lipinski definition) is 5. The van der Waals surface area contributed by atoms with Crippen molar-refractivity contribution in [3.05, 3.63) is 82.9 Å². The molecule has 34 heavy (non-hydrogen) atoms. The Bertz CT molecular complexity index is 973. The van der Waals surface area contributed by atoms with Crippen molar-refractivity contribution in [2.45, 2.75) is 54.2 Å². The van der Waals surface area contributed by atoms with Crippen molar-refractivity contribution in [3.8, 4) is 0 Å². The highest BCUT2D eigenvalue weighted by atomic mass is 19.3. The smallest absolute Gasteiger partial charge is 0.373 e. The molecule has 0 saturated heterocycles. The summed E-state index contributed by atoms with van der Waals surface area (Å²) in [6.45, 7) is 7.45. The maximum absolute atomic E-state index is 12.2. The van der Waals surface area contributed by atoms with Crippen LogP contribution in [0.25, 0.3) is 5.57 Å². The molecular weight excluding hydrogens is 440 g/mol. The predicted octanol–water partition coefficient (Wildman–Crippen LogP) is 7.55. The first-order valence-corrected chi connectivity index (χ1v) is 11.4. The zero-order chi connectivity index (χ0) is 25.5. The van der Waals surface area contributed by atoms with Gasteiger partial charge in [-0.05, 0) is 48.3 Å². The van der Waals surface area contributed by atoms with E-state index in [-0.39, 0.29) is 12.4 Å². The van der Waals surface area contributed by atoms with E-state index in [1.807, 2.05) is 76.3 Å². The largest absolute Gasteiger partial charge is 0.463 e. The van der Waals surface area contributed by atoms with Crippen LogP contribution in [0.4, 0.5) is 14.5 Å². The Balaban J connectivity index is 0.00000137. The third kappa shape index (κ3) is 8.98. The Hall–Kier alpha value is -3.19. The van der Waals surface area contributed by atoms with Gasteiger partial charge in [-0.2, -0.15) is 8.78 Å². The summed E-state index contributed by atoms with van der Waals surface area (Å²) in [5, 5.41) is 3.30. The number of methoxy groups -OCH3 is 1. The molecular formula is C27H35F2NO4. The summed E-state index contributed by atoms with van der Waals surface area (Å²) in [5.74, 6) is 0.337. The van der Waals surface area contributed by atoms with Gasteiger partial charge in [-0.1, -0.05) is 64.1 Å². The van der Waals surface area contributed by atoms with Crippen LogP contribution in [0.1, 0.15) is 61.6 Å². The molecule has 0 spiro atoms. The number of anilines is 1. The van der Waals surface area contributed by atoms with Crippen molar-refractivity contribution in [1.82, 2.24) is 0 Å². The number of rotatable bonds is 8. The van der Waals surface area contributed by atoms with E-state index < -0.39 is 12.6 Å². The Morgan fingerprint density at radius 1 is 1.12 bits per heavy atom. The molecule has 0 saturated carbocycles. The van der Waals surface area contributed by atoms with Gasteiger partial charge in [-0.25, -0.2) is 4.79 Å². The molecule has 0 bridgehead atoms. The maximum Gasteiger partial charge on any atom is 0.373 e. The number of carbonyl (C=O) groups excluding carboxylic acids is 1. The van der Waals surface area contributed by atoms with Gasteiger partial charge in [0, 0.05) is 17.8 Å². The number of aryl methyl sites for hydroxylation is 1. The van der Waals surface area contributed by atoms with Crippen LogP contribution in [0.5, 0.6) is 0 Å². The third-order valence-corrected chi connectivity index (χ3v) is 4.68. The minimum absolute atomic E-state index is 0.0836. The second-order valence-corrected chi connectivity index (χ2v) is 6.74. The monoisotopic (exact) mass is 475 g/mol. The molecule has 0 atom stereocenters. The Labute approximate surface area is 201 Å². The summed E-state index contributed by atoms with van der Waals surface area (Å²) in [5.41, 5.74) is 4.58. The minimum Gasteiger partial charge on any atom is -0.463 e. The lowest BCUT2D eigenvalue weighted by atomic mass is 10.0. The number of nitrogens with one attached hydrogen (secondary N) is 1. The summed E-state index contributed by atoms with van der Waals surface area (Å²) in [4.78, 5) is 11.6. The zero-order valence-corrected chi connectivity index (χ0v) is 20.8. The molecule has 0 fully saturated rings. The minimum atomic E-state index is -2.76. The molecule has 186 valence electrons. The van der Waals surface area contributed by atoms with Gasteiger partial charge in [0.05, 0.1) is 13.7 Å². The molecule has 5 nitrogen and oxygen atoms in total. The molecule has 1 N–H and O–H groups in total. The highest BCUT2D eigenvalue weighted by Gasteiger charge is 2.14. The molecule has 3 rings (SSSR count). The lowest BCUT2D eigenvalue weighted by Crippen LogP contribution is -2.02. The molecule has 0 radical (unpaired) electrons. The van der Waals surface area contributed by atoms with Crippen LogP contribution in [0.3, 0.4) is 0 Å². The first kappa shape index (κ1) is 28.8. The van der Waals surface area contributed by atoms with Crippen molar-refractivity contribution >= 4 is 17.2 Å². The van der Waals surface area contributed by atoms with E-state index in [0.29, 0.717) is 18.7 Å². The Morgan fingerprint density at radius 3 is 2.41 bits per heavy atom. The molecule has 0 unspecified atom stereocenters. The van der Waals surface area contributed by atoms with Gasteiger partial charge in [-0.15, -0.1) is 0 Å². The fourth-order valence-corrected chi connectivity index (χ4v) is 3.01. The van der Waals surface area contributed by atoms with Crippen molar-refractivity contribution in [2.24, 2.45) is 0 Å². The van der Waals surface area contributed by atoms with Crippen LogP contribution in [0, 0.1) is 6.92 Å². The van der Waals surface area contributed by atoms with Crippen molar-refractivity contribution in [2.75, 3.05) is 19.0 Å². The normalized spacial score (nSPS) is 12.4. The average molecular weight is 476 g/mol. The van der Waals surface area contributed by atoms with Crippen LogP contribution in [0.2, 0.25) is 0 Å². The van der Waals surface area contributed by atoms with E-state index in [1.165, 1.54) is 7.11 Å². The van der Waals surface area contributed by atoms with E-state index in [9.17, 15) is 13.6 Å². The fourth-order valence-electron chi connectivity index (χ4n) is 3.01. The van der Waals surface area contributed by atoms with Crippen molar-refractivity contribution in [1.29, 1.82) is 0 Å². The Kier molecular flexibility index (Phi) is 13.2. The van der Waals surface area contributed by atoms with Crippen LogP contribution in [-0.4, -0.2) is 26.3 Å². The van der Waals surface area contributed by atoms with Gasteiger partial charge in [0.2, 0.25) is 5.76 Å². The topological polar surface area (TPSA) is 60.7 Å². The molecule has 1 aromatic heterocycles. The standard InChI is InChI=1S/C23H23F2NO4.2C2H6/c1-15-19(12-21(30-15)22(27)28-2)13-26-20-10-8-18(9-11-20)17-5-3-4-16(6-7-17)14-29-23(24)25;2*1-2/h3,5-12,23,26H,4,13-14H2,1-2H3;2*1-2H3. The number of furan rings is 1. The number of halogens is 2.